The molecule has 0 radical (unpaired) electrons. The van der Waals surface area contributed by atoms with E-state index in [0.29, 0.717) is 24.2 Å². The Bertz CT molecular complexity index is 748. The summed E-state index contributed by atoms with van der Waals surface area (Å²) in [6.45, 7) is 1.84. The highest BCUT2D eigenvalue weighted by Crippen LogP contribution is 2.25. The summed E-state index contributed by atoms with van der Waals surface area (Å²) in [6.07, 6.45) is 3.41. The summed E-state index contributed by atoms with van der Waals surface area (Å²) in [4.78, 5) is 18.4. The number of ether oxygens (including phenoxy) is 1. The molecule has 2 aromatic rings. The average Bonchev–Trinajstić information content (AvgIpc) is 2.98. The maximum absolute atomic E-state index is 11.5. The standard InChI is InChI=1S/C18H23N3O3/c1-21-9-3-4-13(21)7-8-19-17-15(18(22)23)10-12-5-6-14(24-2)11-16(12)20-17/h5-6,10-11,13H,3-4,7-9H2,1-2H3,(H,19,20)(H,22,23). The SMILES string of the molecule is COc1ccc2cc(C(=O)O)c(NCCC3CCCN3C)nc2c1. The smallest absolute Gasteiger partial charge is 0.339 e. The van der Waals surface area contributed by atoms with Gasteiger partial charge in [-0.3, -0.25) is 0 Å². The van der Waals surface area contributed by atoms with E-state index in [2.05, 4.69) is 22.2 Å². The first-order chi connectivity index (χ1) is 11.6. The fourth-order valence-electron chi connectivity index (χ4n) is 3.27. The van der Waals surface area contributed by atoms with Crippen LogP contribution >= 0.6 is 0 Å². The number of hydrogen-bond donors (Lipinski definition) is 2. The Morgan fingerprint density at radius 3 is 2.96 bits per heavy atom. The van der Waals surface area contributed by atoms with Crippen LogP contribution < -0.4 is 10.1 Å². The molecule has 0 spiro atoms. The number of methoxy groups -OCH3 is 1. The van der Waals surface area contributed by atoms with Crippen molar-refractivity contribution in [3.8, 4) is 5.75 Å². The number of carbonyl (C=O) groups is 1. The highest BCUT2D eigenvalue weighted by atomic mass is 16.5. The number of rotatable bonds is 6. The van der Waals surface area contributed by atoms with Gasteiger partial charge in [0, 0.05) is 24.0 Å². The van der Waals surface area contributed by atoms with E-state index in [1.165, 1.54) is 12.8 Å². The van der Waals surface area contributed by atoms with Gasteiger partial charge < -0.3 is 20.1 Å². The Balaban J connectivity index is 1.81. The number of fused-ring (bicyclic) bond motifs is 1. The van der Waals surface area contributed by atoms with Crippen molar-refractivity contribution < 1.29 is 14.6 Å². The van der Waals surface area contributed by atoms with Crippen LogP contribution in [0.15, 0.2) is 24.3 Å². The first kappa shape index (κ1) is 16.5. The van der Waals surface area contributed by atoms with Crippen molar-refractivity contribution in [1.29, 1.82) is 0 Å². The Morgan fingerprint density at radius 2 is 2.29 bits per heavy atom. The molecule has 1 aliphatic rings. The number of pyridine rings is 1. The van der Waals surface area contributed by atoms with E-state index in [-0.39, 0.29) is 5.56 Å². The number of benzene rings is 1. The molecule has 1 saturated heterocycles. The molecule has 1 fully saturated rings. The number of aromatic carboxylic acids is 1. The van der Waals surface area contributed by atoms with Crippen LogP contribution in [0.1, 0.15) is 29.6 Å². The highest BCUT2D eigenvalue weighted by molar-refractivity contribution is 5.98. The van der Waals surface area contributed by atoms with Crippen LogP contribution in [0.3, 0.4) is 0 Å². The molecule has 128 valence electrons. The van der Waals surface area contributed by atoms with E-state index in [4.69, 9.17) is 4.74 Å². The lowest BCUT2D eigenvalue weighted by molar-refractivity contribution is 0.0697. The lowest BCUT2D eigenvalue weighted by atomic mass is 10.1. The summed E-state index contributed by atoms with van der Waals surface area (Å²) in [5.74, 6) is 0.154. The second-order valence-electron chi connectivity index (χ2n) is 6.24. The molecule has 1 aromatic heterocycles. The topological polar surface area (TPSA) is 74.7 Å². The monoisotopic (exact) mass is 329 g/mol. The maximum Gasteiger partial charge on any atom is 0.339 e. The van der Waals surface area contributed by atoms with Crippen LogP contribution in [-0.4, -0.2) is 54.2 Å². The number of nitrogens with zero attached hydrogens (tertiary/aromatic N) is 2. The van der Waals surface area contributed by atoms with Crippen LogP contribution in [0, 0.1) is 0 Å². The minimum atomic E-state index is -0.972. The largest absolute Gasteiger partial charge is 0.497 e. The molecular weight excluding hydrogens is 306 g/mol. The minimum absolute atomic E-state index is 0.201. The molecule has 0 saturated carbocycles. The number of hydrogen-bond acceptors (Lipinski definition) is 5. The zero-order chi connectivity index (χ0) is 17.1. The lowest BCUT2D eigenvalue weighted by Crippen LogP contribution is -2.27. The molecule has 6 nitrogen and oxygen atoms in total. The van der Waals surface area contributed by atoms with Crippen LogP contribution in [0.4, 0.5) is 5.82 Å². The van der Waals surface area contributed by atoms with Gasteiger partial charge in [0.2, 0.25) is 0 Å². The van der Waals surface area contributed by atoms with Gasteiger partial charge in [0.25, 0.3) is 0 Å². The zero-order valence-electron chi connectivity index (χ0n) is 14.1. The van der Waals surface area contributed by atoms with Crippen molar-refractivity contribution in [1.82, 2.24) is 9.88 Å². The Labute approximate surface area is 141 Å². The molecule has 1 atom stereocenters. The molecular formula is C18H23N3O3. The van der Waals surface area contributed by atoms with Crippen LogP contribution in [-0.2, 0) is 0 Å². The predicted molar refractivity (Wildman–Crippen MR) is 94.0 cm³/mol. The van der Waals surface area contributed by atoms with Crippen LogP contribution in [0.5, 0.6) is 5.75 Å². The second-order valence-corrected chi connectivity index (χ2v) is 6.24. The van der Waals surface area contributed by atoms with Gasteiger partial charge in [0.1, 0.15) is 17.1 Å². The number of carboxylic acid groups (broad SMARTS) is 1. The molecule has 1 aliphatic heterocycles. The van der Waals surface area contributed by atoms with Gasteiger partial charge >= 0.3 is 5.97 Å². The van der Waals surface area contributed by atoms with Gasteiger partial charge in [-0.1, -0.05) is 0 Å². The van der Waals surface area contributed by atoms with Gasteiger partial charge in [-0.05, 0) is 51.1 Å². The molecule has 1 unspecified atom stereocenters. The lowest BCUT2D eigenvalue weighted by Gasteiger charge is -2.19. The van der Waals surface area contributed by atoms with E-state index in [9.17, 15) is 9.90 Å². The minimum Gasteiger partial charge on any atom is -0.497 e. The van der Waals surface area contributed by atoms with E-state index < -0.39 is 5.97 Å². The number of nitrogens with one attached hydrogen (secondary N) is 1. The molecule has 6 heteroatoms. The molecule has 0 aliphatic carbocycles. The van der Waals surface area contributed by atoms with Gasteiger partial charge in [-0.15, -0.1) is 0 Å². The van der Waals surface area contributed by atoms with Crippen molar-refractivity contribution in [2.24, 2.45) is 0 Å². The molecule has 24 heavy (non-hydrogen) atoms. The van der Waals surface area contributed by atoms with Crippen molar-refractivity contribution in [3.63, 3.8) is 0 Å². The summed E-state index contributed by atoms with van der Waals surface area (Å²) in [5.41, 5.74) is 0.923. The molecule has 3 rings (SSSR count). The number of anilines is 1. The highest BCUT2D eigenvalue weighted by Gasteiger charge is 2.20. The average molecular weight is 329 g/mol. The predicted octanol–water partition coefficient (Wildman–Crippen LogP) is 2.84. The Hall–Kier alpha value is -2.34. The third-order valence-corrected chi connectivity index (χ3v) is 4.70. The van der Waals surface area contributed by atoms with Gasteiger partial charge in [-0.25, -0.2) is 9.78 Å². The molecule has 0 amide bonds. The van der Waals surface area contributed by atoms with E-state index >= 15 is 0 Å². The number of likely N-dealkylation sites (tertiary alicyclic amines) is 1. The van der Waals surface area contributed by atoms with Gasteiger partial charge in [0.05, 0.1) is 12.6 Å². The van der Waals surface area contributed by atoms with Gasteiger partial charge in [0.15, 0.2) is 0 Å². The molecule has 2 heterocycles. The molecule has 1 aromatic carbocycles. The van der Waals surface area contributed by atoms with E-state index in [0.717, 1.165) is 23.9 Å². The van der Waals surface area contributed by atoms with Crippen molar-refractivity contribution in [2.75, 3.05) is 32.6 Å². The fraction of sp³-hybridized carbons (Fsp3) is 0.444. The van der Waals surface area contributed by atoms with Crippen LogP contribution in [0.2, 0.25) is 0 Å². The number of aromatic nitrogens is 1. The first-order valence-electron chi connectivity index (χ1n) is 8.24. The third-order valence-electron chi connectivity index (χ3n) is 4.70. The summed E-state index contributed by atoms with van der Waals surface area (Å²) >= 11 is 0. The third kappa shape index (κ3) is 3.43. The maximum atomic E-state index is 11.5. The molecule has 0 bridgehead atoms. The first-order valence-corrected chi connectivity index (χ1v) is 8.24. The summed E-state index contributed by atoms with van der Waals surface area (Å²) in [6, 6.07) is 7.67. The van der Waals surface area contributed by atoms with Crippen molar-refractivity contribution in [2.45, 2.75) is 25.3 Å². The number of carboxylic acids is 1. The fourth-order valence-corrected chi connectivity index (χ4v) is 3.27. The zero-order valence-corrected chi connectivity index (χ0v) is 14.1. The normalized spacial score (nSPS) is 18.0. The summed E-state index contributed by atoms with van der Waals surface area (Å²) in [5, 5.41) is 13.5. The van der Waals surface area contributed by atoms with Gasteiger partial charge in [-0.2, -0.15) is 0 Å². The van der Waals surface area contributed by atoms with Crippen LogP contribution in [0.25, 0.3) is 10.9 Å². The Morgan fingerprint density at radius 1 is 1.46 bits per heavy atom. The van der Waals surface area contributed by atoms with E-state index in [1.54, 1.807) is 19.2 Å². The second kappa shape index (κ2) is 7.05. The summed E-state index contributed by atoms with van der Waals surface area (Å²) in [7, 11) is 3.74. The van der Waals surface area contributed by atoms with E-state index in [1.807, 2.05) is 12.1 Å². The van der Waals surface area contributed by atoms with Crippen molar-refractivity contribution >= 4 is 22.7 Å². The molecule has 2 N–H and O–H groups in total. The van der Waals surface area contributed by atoms with Crippen molar-refractivity contribution in [3.05, 3.63) is 29.8 Å². The quantitative estimate of drug-likeness (QED) is 0.849. The Kier molecular flexibility index (Phi) is 4.85. The summed E-state index contributed by atoms with van der Waals surface area (Å²) < 4.78 is 5.22.